The summed E-state index contributed by atoms with van der Waals surface area (Å²) in [5.41, 5.74) is 21.8. The van der Waals surface area contributed by atoms with Crippen molar-refractivity contribution in [2.75, 3.05) is 4.90 Å². The highest BCUT2D eigenvalue weighted by Crippen LogP contribution is 2.69. The summed E-state index contributed by atoms with van der Waals surface area (Å²) in [5.74, 6) is 3.50. The normalized spacial score (nSPS) is 23.4. The molecule has 61 heavy (non-hydrogen) atoms. The Morgan fingerprint density at radius 2 is 0.984 bits per heavy atom. The Hall–Kier alpha value is -5.44. The van der Waals surface area contributed by atoms with E-state index >= 15 is 0 Å². The van der Waals surface area contributed by atoms with Gasteiger partial charge in [-0.1, -0.05) is 147 Å². The summed E-state index contributed by atoms with van der Waals surface area (Å²) in [5, 5.41) is 1.48. The third-order valence-corrected chi connectivity index (χ3v) is 18.3. The van der Waals surface area contributed by atoms with E-state index in [1.54, 1.807) is 11.1 Å². The highest BCUT2D eigenvalue weighted by atomic mass is 28.3. The smallest absolute Gasteiger partial charge is 0.0775 e. The van der Waals surface area contributed by atoms with E-state index in [0.29, 0.717) is 0 Å². The van der Waals surface area contributed by atoms with Crippen molar-refractivity contribution >= 4 is 30.3 Å². The lowest BCUT2D eigenvalue weighted by Gasteiger charge is -2.61. The highest BCUT2D eigenvalue weighted by molar-refractivity contribution is 6.88. The van der Waals surface area contributed by atoms with Gasteiger partial charge in [-0.2, -0.15) is 0 Å². The van der Waals surface area contributed by atoms with E-state index in [1.165, 1.54) is 116 Å². The largest absolute Gasteiger partial charge is 0.310 e. The predicted octanol–water partition coefficient (Wildman–Crippen LogP) is 15.4. The van der Waals surface area contributed by atoms with Gasteiger partial charge >= 0.3 is 0 Å². The van der Waals surface area contributed by atoms with Gasteiger partial charge in [0, 0.05) is 27.9 Å². The number of rotatable bonds is 6. The summed E-state index contributed by atoms with van der Waals surface area (Å²) < 4.78 is 0. The first-order valence-electron chi connectivity index (χ1n) is 23.1. The summed E-state index contributed by atoms with van der Waals surface area (Å²) in [6.07, 6.45) is 7.19. The van der Waals surface area contributed by atoms with Crippen molar-refractivity contribution in [1.29, 1.82) is 0 Å². The van der Waals surface area contributed by atoms with Crippen LogP contribution in [0.15, 0.2) is 152 Å². The average molecular weight is 808 g/mol. The van der Waals surface area contributed by atoms with E-state index in [9.17, 15) is 0 Å². The quantitative estimate of drug-likeness (QED) is 0.151. The van der Waals surface area contributed by atoms with Crippen molar-refractivity contribution in [2.45, 2.75) is 83.3 Å². The standard InChI is InChI=1S/C59H57NSi/c1-37-10-9-11-41(28-37)40-14-18-46(19-15-40)60(47-20-23-49(24-21-47)61(4,5)6)48-22-26-52-51-25-16-43(35-56(51)58(2,3)57(52)36-48)42-17-27-55-53(34-42)50-12-7-8-13-54(50)59(55)44-30-38-29-39(32-44)33-45(59)31-38/h7-28,34-36,38-39,44-45H,29-33H2,1-6H3. The molecule has 0 unspecified atom stereocenters. The Morgan fingerprint density at radius 3 is 1.67 bits per heavy atom. The topological polar surface area (TPSA) is 3.24 Å². The second-order valence-corrected chi connectivity index (χ2v) is 26.2. The minimum absolute atomic E-state index is 0.160. The molecule has 6 aliphatic rings. The van der Waals surface area contributed by atoms with Gasteiger partial charge in [-0.15, -0.1) is 0 Å². The molecule has 0 aromatic heterocycles. The fraction of sp³-hybridized carbons (Fsp3) is 0.288. The maximum atomic E-state index is 2.57. The minimum atomic E-state index is -1.45. The van der Waals surface area contributed by atoms with Crippen LogP contribution in [0.2, 0.25) is 19.6 Å². The first kappa shape index (κ1) is 37.3. The molecule has 0 radical (unpaired) electrons. The monoisotopic (exact) mass is 807 g/mol. The lowest BCUT2D eigenvalue weighted by atomic mass is 9.43. The lowest BCUT2D eigenvalue weighted by molar-refractivity contribution is -0.0399. The third kappa shape index (κ3) is 5.57. The number of aryl methyl sites for hydroxylation is 1. The van der Waals surface area contributed by atoms with E-state index in [-0.39, 0.29) is 10.8 Å². The van der Waals surface area contributed by atoms with Gasteiger partial charge in [0.2, 0.25) is 0 Å². The molecule has 1 spiro atoms. The van der Waals surface area contributed by atoms with Crippen LogP contribution >= 0.6 is 0 Å². The van der Waals surface area contributed by atoms with Crippen molar-refractivity contribution < 1.29 is 0 Å². The molecule has 302 valence electrons. The molecule has 13 rings (SSSR count). The lowest BCUT2D eigenvalue weighted by Crippen LogP contribution is -2.55. The van der Waals surface area contributed by atoms with Crippen molar-refractivity contribution in [3.05, 3.63) is 179 Å². The molecule has 0 saturated heterocycles. The van der Waals surface area contributed by atoms with Gasteiger partial charge in [0.25, 0.3) is 0 Å². The van der Waals surface area contributed by atoms with E-state index < -0.39 is 8.07 Å². The Bertz CT molecular complexity index is 2860. The molecular weight excluding hydrogens is 751 g/mol. The zero-order chi connectivity index (χ0) is 41.4. The zero-order valence-corrected chi connectivity index (χ0v) is 37.7. The summed E-state index contributed by atoms with van der Waals surface area (Å²) in [6, 6.07) is 59.0. The molecule has 7 aromatic carbocycles. The van der Waals surface area contributed by atoms with Crippen LogP contribution in [0.3, 0.4) is 0 Å². The predicted molar refractivity (Wildman–Crippen MR) is 261 cm³/mol. The van der Waals surface area contributed by atoms with Crippen molar-refractivity contribution in [3.8, 4) is 44.5 Å². The molecule has 0 atom stereocenters. The summed E-state index contributed by atoms with van der Waals surface area (Å²) in [4.78, 5) is 2.46. The SMILES string of the molecule is Cc1cccc(-c2ccc(N(c3ccc([Si](C)(C)C)cc3)c3ccc4c(c3)C(C)(C)c3cc(-c5ccc6c(c5)-c5ccccc5C65C6CC7CC(C6)CC5C7)ccc3-4)cc2)c1. The number of hydrogen-bond acceptors (Lipinski definition) is 1. The summed E-state index contributed by atoms with van der Waals surface area (Å²) in [7, 11) is -1.45. The van der Waals surface area contributed by atoms with E-state index in [2.05, 4.69) is 197 Å². The first-order valence-corrected chi connectivity index (χ1v) is 26.6. The van der Waals surface area contributed by atoms with Crippen LogP contribution in [0.4, 0.5) is 17.1 Å². The van der Waals surface area contributed by atoms with Gasteiger partial charge < -0.3 is 4.90 Å². The molecule has 0 heterocycles. The van der Waals surface area contributed by atoms with Gasteiger partial charge in [-0.3, -0.25) is 0 Å². The van der Waals surface area contributed by atoms with Crippen LogP contribution in [0.5, 0.6) is 0 Å². The van der Waals surface area contributed by atoms with Gasteiger partial charge in [0.15, 0.2) is 0 Å². The molecule has 4 saturated carbocycles. The van der Waals surface area contributed by atoms with Crippen LogP contribution in [0.25, 0.3) is 44.5 Å². The highest BCUT2D eigenvalue weighted by Gasteiger charge is 2.61. The fourth-order valence-corrected chi connectivity index (χ4v) is 14.7. The number of nitrogens with zero attached hydrogens (tertiary/aromatic N) is 1. The number of hydrogen-bond donors (Lipinski definition) is 0. The molecule has 4 fully saturated rings. The number of anilines is 3. The molecular formula is C59H57NSi. The Kier molecular flexibility index (Phi) is 8.13. The third-order valence-electron chi connectivity index (χ3n) is 16.3. The molecule has 0 N–H and O–H groups in total. The van der Waals surface area contributed by atoms with Gasteiger partial charge in [-0.05, 0) is 178 Å². The Labute approximate surface area is 364 Å². The van der Waals surface area contributed by atoms with E-state index in [4.69, 9.17) is 0 Å². The molecule has 4 bridgehead atoms. The van der Waals surface area contributed by atoms with Crippen molar-refractivity contribution in [1.82, 2.24) is 0 Å². The molecule has 0 amide bonds. The maximum Gasteiger partial charge on any atom is 0.0775 e. The zero-order valence-electron chi connectivity index (χ0n) is 36.7. The van der Waals surface area contributed by atoms with Crippen LogP contribution < -0.4 is 10.1 Å². The van der Waals surface area contributed by atoms with Gasteiger partial charge in [0.05, 0.1) is 8.07 Å². The molecule has 1 nitrogen and oxygen atoms in total. The Morgan fingerprint density at radius 1 is 0.443 bits per heavy atom. The van der Waals surface area contributed by atoms with Crippen LogP contribution in [0, 0.1) is 30.6 Å². The van der Waals surface area contributed by atoms with Crippen LogP contribution in [0.1, 0.15) is 73.8 Å². The summed E-state index contributed by atoms with van der Waals surface area (Å²) in [6.45, 7) is 14.3. The average Bonchev–Trinajstić information content (AvgIpc) is 3.67. The maximum absolute atomic E-state index is 2.57. The first-order chi connectivity index (χ1) is 29.5. The van der Waals surface area contributed by atoms with E-state index in [1.807, 2.05) is 0 Å². The van der Waals surface area contributed by atoms with Gasteiger partial charge in [-0.25, -0.2) is 0 Å². The van der Waals surface area contributed by atoms with Gasteiger partial charge in [0.1, 0.15) is 0 Å². The second kappa shape index (κ2) is 13.3. The van der Waals surface area contributed by atoms with Crippen molar-refractivity contribution in [3.63, 3.8) is 0 Å². The fourth-order valence-electron chi connectivity index (χ4n) is 13.6. The van der Waals surface area contributed by atoms with Crippen molar-refractivity contribution in [2.24, 2.45) is 23.7 Å². The number of benzene rings is 7. The van der Waals surface area contributed by atoms with E-state index in [0.717, 1.165) is 23.7 Å². The van der Waals surface area contributed by atoms with Crippen LogP contribution in [-0.4, -0.2) is 8.07 Å². The minimum Gasteiger partial charge on any atom is -0.310 e. The molecule has 2 heteroatoms. The van der Waals surface area contributed by atoms with Crippen LogP contribution in [-0.2, 0) is 10.8 Å². The second-order valence-electron chi connectivity index (χ2n) is 21.1. The molecule has 7 aromatic rings. The Balaban J connectivity index is 0.917. The molecule has 6 aliphatic carbocycles. The summed E-state index contributed by atoms with van der Waals surface area (Å²) >= 11 is 0. The molecule has 0 aliphatic heterocycles. The number of fused-ring (bicyclic) bond motifs is 6.